The summed E-state index contributed by atoms with van der Waals surface area (Å²) in [5.41, 5.74) is 4.33. The van der Waals surface area contributed by atoms with Crippen molar-refractivity contribution in [3.8, 4) is 17.3 Å². The molecule has 0 unspecified atom stereocenters. The van der Waals surface area contributed by atoms with Crippen LogP contribution in [-0.2, 0) is 0 Å². The minimum Gasteiger partial charge on any atom is -0.505 e. The third-order valence-electron chi connectivity index (χ3n) is 4.07. The number of benzene rings is 1. The summed E-state index contributed by atoms with van der Waals surface area (Å²) in [5, 5.41) is 31.3. The lowest BCUT2D eigenvalue weighted by Gasteiger charge is -2.15. The van der Waals surface area contributed by atoms with Gasteiger partial charge in [0.2, 0.25) is 0 Å². The van der Waals surface area contributed by atoms with Crippen molar-refractivity contribution in [3.05, 3.63) is 58.8 Å². The molecule has 0 saturated heterocycles. The highest BCUT2D eigenvalue weighted by Gasteiger charge is 2.25. The van der Waals surface area contributed by atoms with Crippen molar-refractivity contribution >= 4 is 5.84 Å². The van der Waals surface area contributed by atoms with Crippen LogP contribution in [0.2, 0.25) is 0 Å². The predicted molar refractivity (Wildman–Crippen MR) is 90.5 cm³/mol. The van der Waals surface area contributed by atoms with Gasteiger partial charge < -0.3 is 9.67 Å². The Labute approximate surface area is 143 Å². The number of aromatic hydroxyl groups is 1. The van der Waals surface area contributed by atoms with Crippen molar-refractivity contribution in [2.45, 2.75) is 20.8 Å². The Kier molecular flexibility index (Phi) is 4.05. The number of aromatic nitrogens is 3. The molecule has 3 rings (SSSR count). The summed E-state index contributed by atoms with van der Waals surface area (Å²) in [4.78, 5) is 0. The van der Waals surface area contributed by atoms with Crippen LogP contribution in [0.5, 0.6) is 5.75 Å². The average molecular weight is 343 g/mol. The van der Waals surface area contributed by atoms with Crippen LogP contribution in [0.3, 0.4) is 0 Å². The lowest BCUT2D eigenvalue weighted by molar-refractivity contribution is 0.234. The van der Waals surface area contributed by atoms with E-state index in [1.54, 1.807) is 6.92 Å². The molecule has 4 N–H and O–H groups in total. The molecule has 1 aromatic carbocycles. The smallest absolute Gasteiger partial charge is 0.190 e. The molecule has 2 heterocycles. The van der Waals surface area contributed by atoms with Crippen LogP contribution in [-0.4, -0.2) is 30.5 Å². The molecule has 0 radical (unpaired) electrons. The van der Waals surface area contributed by atoms with Gasteiger partial charge in [-0.1, -0.05) is 6.07 Å². The molecule has 0 bridgehead atoms. The summed E-state index contributed by atoms with van der Waals surface area (Å²) >= 11 is 0. The van der Waals surface area contributed by atoms with E-state index >= 15 is 0 Å². The zero-order valence-electron chi connectivity index (χ0n) is 14.0. The monoisotopic (exact) mass is 343 g/mol. The molecule has 0 aliphatic carbocycles. The Morgan fingerprint density at radius 2 is 1.80 bits per heavy atom. The molecule has 0 atom stereocenters. The van der Waals surface area contributed by atoms with E-state index < -0.39 is 11.6 Å². The van der Waals surface area contributed by atoms with E-state index in [4.69, 9.17) is 5.41 Å². The fourth-order valence-electron chi connectivity index (χ4n) is 2.91. The highest BCUT2D eigenvalue weighted by molar-refractivity contribution is 6.00. The van der Waals surface area contributed by atoms with Gasteiger partial charge in [-0.3, -0.25) is 16.1 Å². The maximum Gasteiger partial charge on any atom is 0.190 e. The Morgan fingerprint density at radius 3 is 2.40 bits per heavy atom. The van der Waals surface area contributed by atoms with Gasteiger partial charge in [0, 0.05) is 11.4 Å². The zero-order chi connectivity index (χ0) is 18.3. The number of aryl methyl sites for hydroxylation is 3. The summed E-state index contributed by atoms with van der Waals surface area (Å²) in [5.74, 6) is -1.17. The first-order chi connectivity index (χ1) is 11.9. The Morgan fingerprint density at radius 1 is 1.16 bits per heavy atom. The molecular weight excluding hydrogens is 325 g/mol. The lowest BCUT2D eigenvalue weighted by Crippen LogP contribution is -2.22. The summed E-state index contributed by atoms with van der Waals surface area (Å²) in [6.07, 6.45) is 0. The number of phenols is 1. The van der Waals surface area contributed by atoms with Crippen molar-refractivity contribution in [3.63, 3.8) is 0 Å². The first-order valence-electron chi connectivity index (χ1n) is 7.58. The first-order valence-corrected chi connectivity index (χ1v) is 7.58. The maximum absolute atomic E-state index is 14.5. The van der Waals surface area contributed by atoms with Crippen molar-refractivity contribution in [2.24, 2.45) is 0 Å². The minimum absolute atomic E-state index is 0.0441. The van der Waals surface area contributed by atoms with E-state index in [-0.39, 0.29) is 11.5 Å². The second-order valence-corrected chi connectivity index (χ2v) is 5.74. The van der Waals surface area contributed by atoms with Crippen LogP contribution in [0.25, 0.3) is 11.5 Å². The van der Waals surface area contributed by atoms with Crippen molar-refractivity contribution in [1.82, 2.24) is 19.8 Å². The normalized spacial score (nSPS) is 10.9. The van der Waals surface area contributed by atoms with Gasteiger partial charge in [0.15, 0.2) is 23.2 Å². The summed E-state index contributed by atoms with van der Waals surface area (Å²) in [6.45, 7) is 5.41. The molecule has 3 aromatic rings. The van der Waals surface area contributed by atoms with Gasteiger partial charge in [0.1, 0.15) is 5.69 Å². The Hall–Kier alpha value is -3.13. The summed E-state index contributed by atoms with van der Waals surface area (Å²) in [7, 11) is 0. The number of phenolic OH excluding ortho intramolecular Hbond substituents is 1. The first kappa shape index (κ1) is 16.7. The van der Waals surface area contributed by atoms with Crippen LogP contribution >= 0.6 is 0 Å². The highest BCUT2D eigenvalue weighted by Crippen LogP contribution is 2.29. The number of hydrogen-bond acceptors (Lipinski definition) is 4. The average Bonchev–Trinajstić information content (AvgIpc) is 3.08. The van der Waals surface area contributed by atoms with Crippen LogP contribution in [0, 0.1) is 32.0 Å². The molecule has 0 amide bonds. The van der Waals surface area contributed by atoms with E-state index in [9.17, 15) is 14.7 Å². The van der Waals surface area contributed by atoms with Crippen molar-refractivity contribution in [2.75, 3.05) is 0 Å². The van der Waals surface area contributed by atoms with Gasteiger partial charge in [-0.2, -0.15) is 5.10 Å². The van der Waals surface area contributed by atoms with E-state index in [0.717, 1.165) is 11.4 Å². The van der Waals surface area contributed by atoms with Gasteiger partial charge >= 0.3 is 0 Å². The number of hydrogen-bond donors (Lipinski definition) is 4. The third kappa shape index (κ3) is 2.56. The second kappa shape index (κ2) is 6.06. The number of amidine groups is 1. The second-order valence-electron chi connectivity index (χ2n) is 5.74. The number of nitrogens with one attached hydrogen (secondary N) is 2. The van der Waals surface area contributed by atoms with Crippen molar-refractivity contribution < 1.29 is 14.7 Å². The molecule has 8 heteroatoms. The third-order valence-corrected chi connectivity index (χ3v) is 4.07. The number of rotatable bonds is 3. The van der Waals surface area contributed by atoms with E-state index in [2.05, 4.69) is 5.10 Å². The molecule has 25 heavy (non-hydrogen) atoms. The maximum atomic E-state index is 14.5. The van der Waals surface area contributed by atoms with E-state index in [1.165, 1.54) is 22.9 Å². The molecule has 0 aliphatic heterocycles. The van der Waals surface area contributed by atoms with Gasteiger partial charge in [-0.25, -0.2) is 9.07 Å². The highest BCUT2D eigenvalue weighted by atomic mass is 19.1. The Bertz CT molecular complexity index is 954. The molecule has 130 valence electrons. The molecule has 7 nitrogen and oxygen atoms in total. The molecule has 0 aliphatic rings. The van der Waals surface area contributed by atoms with Crippen LogP contribution in [0.4, 0.5) is 4.39 Å². The quantitative estimate of drug-likeness (QED) is 0.334. The molecule has 2 aromatic heterocycles. The fraction of sp³-hybridized carbons (Fsp3) is 0.176. The standard InChI is InChI=1S/C17H18FN5O2/c1-9-7-8-10(2)22(9)17-14(16(19)21-25)11(3)20-23(17)12-5-4-6-13(24)15(12)18/h4-8,24-25H,1-3H3,(H2,19,21). The zero-order valence-corrected chi connectivity index (χ0v) is 14.0. The van der Waals surface area contributed by atoms with Crippen LogP contribution < -0.4 is 5.48 Å². The molecule has 0 spiro atoms. The predicted octanol–water partition coefficient (Wildman–Crippen LogP) is 2.74. The SMILES string of the molecule is Cc1nn(-c2cccc(O)c2F)c(-n2c(C)ccc2C)c1C(=N)NO. The van der Waals surface area contributed by atoms with E-state index in [0.29, 0.717) is 17.1 Å². The summed E-state index contributed by atoms with van der Waals surface area (Å²) < 4.78 is 17.6. The van der Waals surface area contributed by atoms with Gasteiger partial charge in [-0.15, -0.1) is 0 Å². The Balaban J connectivity index is 2.42. The van der Waals surface area contributed by atoms with Gasteiger partial charge in [0.05, 0.1) is 11.3 Å². The van der Waals surface area contributed by atoms with Crippen LogP contribution in [0.15, 0.2) is 30.3 Å². The largest absolute Gasteiger partial charge is 0.505 e. The van der Waals surface area contributed by atoms with Crippen molar-refractivity contribution in [1.29, 1.82) is 5.41 Å². The van der Waals surface area contributed by atoms with Gasteiger partial charge in [-0.05, 0) is 45.0 Å². The molecule has 0 fully saturated rings. The molecule has 0 saturated carbocycles. The number of hydroxylamine groups is 1. The number of halogens is 1. The molecular formula is C17H18FN5O2. The lowest BCUT2D eigenvalue weighted by atomic mass is 10.2. The summed E-state index contributed by atoms with van der Waals surface area (Å²) in [6, 6.07) is 8.03. The topological polar surface area (TPSA) is 99.1 Å². The number of nitrogens with zero attached hydrogens (tertiary/aromatic N) is 3. The van der Waals surface area contributed by atoms with Crippen LogP contribution in [0.1, 0.15) is 22.6 Å². The van der Waals surface area contributed by atoms with Gasteiger partial charge in [0.25, 0.3) is 0 Å². The fourth-order valence-corrected chi connectivity index (χ4v) is 2.91. The minimum atomic E-state index is -0.816. The van der Waals surface area contributed by atoms with E-state index in [1.807, 2.05) is 36.0 Å².